The van der Waals surface area contributed by atoms with E-state index in [0.717, 1.165) is 0 Å². The predicted octanol–water partition coefficient (Wildman–Crippen LogP) is -1.20. The molecule has 11 nitrogen and oxygen atoms in total. The van der Waals surface area contributed by atoms with Crippen LogP contribution in [0.1, 0.15) is 12.5 Å². The average molecular weight is 345 g/mol. The Balaban J connectivity index is 1.85. The van der Waals surface area contributed by atoms with Gasteiger partial charge in [0, 0.05) is 5.92 Å². The number of fused-ring (bicyclic) bond motifs is 1. The summed E-state index contributed by atoms with van der Waals surface area (Å²) >= 11 is 0. The number of imidazole rings is 1. The molecule has 0 aliphatic heterocycles. The van der Waals surface area contributed by atoms with Crippen LogP contribution in [0.15, 0.2) is 12.7 Å². The second-order valence-electron chi connectivity index (χ2n) is 5.41. The number of phosphoric acid groups is 1. The van der Waals surface area contributed by atoms with Crippen LogP contribution in [0.4, 0.5) is 5.82 Å². The number of nitrogens with zero attached hydrogens (tertiary/aromatic N) is 4. The lowest BCUT2D eigenvalue weighted by molar-refractivity contribution is -0.00374. The number of anilines is 1. The number of hydrogen-bond acceptors (Lipinski definition) is 8. The number of nitrogen functional groups attached to an aromatic ring is 1. The standard InChI is InChI=1S/C11H16N5O6P/c12-10-7-11(14-3-13-10)16(4-15-7)6-1-5(8(17)9(6)18)2-22-23(19,20)21/h3-6,8-9,17-18H,1-2H2,(H2,12,13,14)(H2,19,20,21)/t5?,6?,8-,9+/m1/s1. The van der Waals surface area contributed by atoms with Crippen LogP contribution >= 0.6 is 7.82 Å². The highest BCUT2D eigenvalue weighted by Crippen LogP contribution is 2.41. The number of phosphoric ester groups is 1. The number of aromatic nitrogens is 4. The van der Waals surface area contributed by atoms with Gasteiger partial charge in [-0.05, 0) is 6.42 Å². The molecule has 1 saturated carbocycles. The van der Waals surface area contributed by atoms with Gasteiger partial charge in [-0.2, -0.15) is 0 Å². The first-order valence-electron chi connectivity index (χ1n) is 6.77. The van der Waals surface area contributed by atoms with Crippen molar-refractivity contribution in [2.24, 2.45) is 5.92 Å². The fourth-order valence-corrected chi connectivity index (χ4v) is 3.23. The summed E-state index contributed by atoms with van der Waals surface area (Å²) in [4.78, 5) is 29.5. The SMILES string of the molecule is Nc1ncnc2c1ncn2C1CC(COP(=O)(O)O)[C@@H](O)[C@H]1O. The van der Waals surface area contributed by atoms with Crippen molar-refractivity contribution in [3.63, 3.8) is 0 Å². The average Bonchev–Trinajstić information content (AvgIpc) is 3.01. The molecule has 2 heterocycles. The van der Waals surface area contributed by atoms with Crippen LogP contribution in [0.5, 0.6) is 0 Å². The molecule has 1 fully saturated rings. The molecule has 2 aromatic rings. The topological polar surface area (TPSA) is 177 Å². The molecular formula is C11H16N5O6P. The van der Waals surface area contributed by atoms with Crippen molar-refractivity contribution in [2.75, 3.05) is 12.3 Å². The molecule has 12 heteroatoms. The Kier molecular flexibility index (Phi) is 4.08. The summed E-state index contributed by atoms with van der Waals surface area (Å²) in [6.07, 6.45) is 0.583. The van der Waals surface area contributed by atoms with Crippen LogP contribution in [-0.2, 0) is 9.09 Å². The van der Waals surface area contributed by atoms with Crippen LogP contribution in [0.2, 0.25) is 0 Å². The first-order valence-corrected chi connectivity index (χ1v) is 8.30. The summed E-state index contributed by atoms with van der Waals surface area (Å²) in [5, 5.41) is 20.3. The van der Waals surface area contributed by atoms with Crippen LogP contribution in [-0.4, -0.2) is 58.3 Å². The molecule has 6 N–H and O–H groups in total. The predicted molar refractivity (Wildman–Crippen MR) is 76.9 cm³/mol. The van der Waals surface area contributed by atoms with E-state index in [1.54, 1.807) is 4.57 Å². The summed E-state index contributed by atoms with van der Waals surface area (Å²) < 4.78 is 16.8. The number of rotatable bonds is 4. The lowest BCUT2D eigenvalue weighted by Crippen LogP contribution is -2.30. The highest BCUT2D eigenvalue weighted by atomic mass is 31.2. The number of nitrogens with two attached hydrogens (primary N) is 1. The Hall–Kier alpha value is -1.62. The van der Waals surface area contributed by atoms with Crippen molar-refractivity contribution in [1.29, 1.82) is 0 Å². The smallest absolute Gasteiger partial charge is 0.390 e. The van der Waals surface area contributed by atoms with Crippen LogP contribution in [0.3, 0.4) is 0 Å². The molecule has 0 spiro atoms. The van der Waals surface area contributed by atoms with Crippen molar-refractivity contribution in [1.82, 2.24) is 19.5 Å². The Morgan fingerprint density at radius 3 is 2.74 bits per heavy atom. The van der Waals surface area contributed by atoms with E-state index in [1.165, 1.54) is 12.7 Å². The van der Waals surface area contributed by atoms with Gasteiger partial charge in [0.25, 0.3) is 0 Å². The number of aliphatic hydroxyl groups excluding tert-OH is 2. The van der Waals surface area contributed by atoms with Gasteiger partial charge >= 0.3 is 7.82 Å². The summed E-state index contributed by atoms with van der Waals surface area (Å²) in [7, 11) is -4.64. The van der Waals surface area contributed by atoms with E-state index in [4.69, 9.17) is 15.5 Å². The minimum absolute atomic E-state index is 0.197. The third-order valence-electron chi connectivity index (χ3n) is 3.97. The van der Waals surface area contributed by atoms with Crippen molar-refractivity contribution >= 4 is 24.8 Å². The van der Waals surface area contributed by atoms with E-state index < -0.39 is 32.0 Å². The maximum Gasteiger partial charge on any atom is 0.469 e. The quantitative estimate of drug-likeness (QED) is 0.423. The second-order valence-corrected chi connectivity index (χ2v) is 6.65. The molecule has 3 rings (SSSR count). The second kappa shape index (κ2) is 5.78. The number of hydrogen-bond donors (Lipinski definition) is 5. The molecule has 23 heavy (non-hydrogen) atoms. The van der Waals surface area contributed by atoms with Gasteiger partial charge < -0.3 is 30.3 Å². The molecule has 0 amide bonds. The van der Waals surface area contributed by atoms with E-state index in [2.05, 4.69) is 19.5 Å². The van der Waals surface area contributed by atoms with Gasteiger partial charge in [0.05, 0.1) is 25.1 Å². The third kappa shape index (κ3) is 3.07. The third-order valence-corrected chi connectivity index (χ3v) is 4.46. The molecule has 1 aliphatic carbocycles. The highest BCUT2D eigenvalue weighted by molar-refractivity contribution is 7.46. The summed E-state index contributed by atoms with van der Waals surface area (Å²) in [5.41, 5.74) is 6.49. The minimum atomic E-state index is -4.64. The molecule has 0 radical (unpaired) electrons. The van der Waals surface area contributed by atoms with E-state index >= 15 is 0 Å². The Bertz CT molecular complexity index is 762. The van der Waals surface area contributed by atoms with E-state index in [-0.39, 0.29) is 18.8 Å². The molecule has 2 unspecified atom stereocenters. The van der Waals surface area contributed by atoms with Gasteiger partial charge in [0.1, 0.15) is 17.9 Å². The van der Waals surface area contributed by atoms with Crippen molar-refractivity contribution in [3.8, 4) is 0 Å². The minimum Gasteiger partial charge on any atom is -0.390 e. The molecule has 4 atom stereocenters. The van der Waals surface area contributed by atoms with Crippen molar-refractivity contribution in [3.05, 3.63) is 12.7 Å². The van der Waals surface area contributed by atoms with Crippen molar-refractivity contribution in [2.45, 2.75) is 24.7 Å². The Morgan fingerprint density at radius 2 is 2.04 bits per heavy atom. The molecule has 1 aliphatic rings. The molecular weight excluding hydrogens is 329 g/mol. The van der Waals surface area contributed by atoms with E-state index in [9.17, 15) is 14.8 Å². The number of aliphatic hydroxyl groups is 2. The maximum absolute atomic E-state index is 10.8. The molecule has 126 valence electrons. The van der Waals surface area contributed by atoms with E-state index in [1.807, 2.05) is 0 Å². The first kappa shape index (κ1) is 16.2. The zero-order chi connectivity index (χ0) is 16.8. The molecule has 2 aromatic heterocycles. The van der Waals surface area contributed by atoms with Gasteiger partial charge in [-0.25, -0.2) is 19.5 Å². The molecule has 0 bridgehead atoms. The van der Waals surface area contributed by atoms with Crippen molar-refractivity contribution < 1.29 is 29.1 Å². The Morgan fingerprint density at radius 1 is 1.30 bits per heavy atom. The zero-order valence-electron chi connectivity index (χ0n) is 11.8. The van der Waals surface area contributed by atoms with Crippen LogP contribution < -0.4 is 5.73 Å². The largest absolute Gasteiger partial charge is 0.469 e. The fourth-order valence-electron chi connectivity index (χ4n) is 2.85. The maximum atomic E-state index is 10.8. The molecule has 0 saturated heterocycles. The van der Waals surface area contributed by atoms with Gasteiger partial charge in [-0.1, -0.05) is 0 Å². The highest BCUT2D eigenvalue weighted by Gasteiger charge is 2.43. The zero-order valence-corrected chi connectivity index (χ0v) is 12.7. The normalized spacial score (nSPS) is 28.5. The van der Waals surface area contributed by atoms with E-state index in [0.29, 0.717) is 11.2 Å². The van der Waals surface area contributed by atoms with Gasteiger partial charge in [-0.15, -0.1) is 0 Å². The summed E-state index contributed by atoms with van der Waals surface area (Å²) in [6.45, 7) is -0.372. The summed E-state index contributed by atoms with van der Waals surface area (Å²) in [5.74, 6) is -0.442. The summed E-state index contributed by atoms with van der Waals surface area (Å²) in [6, 6.07) is -0.574. The molecule has 0 aromatic carbocycles. The Labute approximate surface area is 130 Å². The fraction of sp³-hybridized carbons (Fsp3) is 0.545. The lowest BCUT2D eigenvalue weighted by atomic mass is 10.1. The van der Waals surface area contributed by atoms with Gasteiger partial charge in [0.2, 0.25) is 0 Å². The first-order chi connectivity index (χ1) is 10.8. The van der Waals surface area contributed by atoms with Crippen LogP contribution in [0.25, 0.3) is 11.2 Å². The van der Waals surface area contributed by atoms with Crippen LogP contribution in [0, 0.1) is 5.92 Å². The van der Waals surface area contributed by atoms with Gasteiger partial charge in [0.15, 0.2) is 11.5 Å². The lowest BCUT2D eigenvalue weighted by Gasteiger charge is -2.18. The van der Waals surface area contributed by atoms with Gasteiger partial charge in [-0.3, -0.25) is 4.52 Å². The monoisotopic (exact) mass is 345 g/mol.